The Kier molecular flexibility index (Phi) is 9.10. The molecule has 1 aliphatic heterocycles. The van der Waals surface area contributed by atoms with E-state index in [1.807, 2.05) is 4.90 Å². The summed E-state index contributed by atoms with van der Waals surface area (Å²) in [5, 5.41) is 8.56. The largest absolute Gasteiger partial charge is 0.352 e. The quantitative estimate of drug-likeness (QED) is 0.268. The van der Waals surface area contributed by atoms with Gasteiger partial charge in [0.25, 0.3) is 0 Å². The van der Waals surface area contributed by atoms with Crippen LogP contribution in [-0.2, 0) is 24.3 Å². The molecule has 1 aromatic carbocycles. The number of aryl methyl sites for hydroxylation is 1. The molecule has 28 heavy (non-hydrogen) atoms. The summed E-state index contributed by atoms with van der Waals surface area (Å²) in [6.07, 6.45) is 3.04. The van der Waals surface area contributed by atoms with Crippen molar-refractivity contribution in [1.29, 1.82) is 0 Å². The minimum Gasteiger partial charge on any atom is -0.352 e. The third-order valence-corrected chi connectivity index (χ3v) is 6.52. The number of aliphatic imine (C=N–C) groups is 1. The van der Waals surface area contributed by atoms with E-state index in [2.05, 4.69) is 58.5 Å². The van der Waals surface area contributed by atoms with Crippen molar-refractivity contribution in [3.8, 4) is 0 Å². The van der Waals surface area contributed by atoms with E-state index in [9.17, 15) is 4.79 Å². The Labute approximate surface area is 192 Å². The van der Waals surface area contributed by atoms with E-state index in [4.69, 9.17) is 0 Å². The van der Waals surface area contributed by atoms with Gasteiger partial charge in [-0.15, -0.1) is 47.1 Å². The Morgan fingerprint density at radius 1 is 1.32 bits per heavy atom. The fourth-order valence-corrected chi connectivity index (χ4v) is 4.73. The first-order valence-corrected chi connectivity index (χ1v) is 11.1. The number of rotatable bonds is 5. The number of nitrogens with one attached hydrogen (secondary N) is 2. The van der Waals surface area contributed by atoms with Crippen molar-refractivity contribution in [2.24, 2.45) is 4.99 Å². The number of fused-ring (bicyclic) bond motifs is 1. The molecule has 2 heterocycles. The summed E-state index contributed by atoms with van der Waals surface area (Å²) in [5.74, 6) is 0.749. The summed E-state index contributed by atoms with van der Waals surface area (Å²) >= 11 is 3.53. The molecule has 0 bridgehead atoms. The number of carbonyl (C=O) groups excluding carboxylic acids is 1. The Morgan fingerprint density at radius 3 is 2.89 bits per heavy atom. The highest BCUT2D eigenvalue weighted by molar-refractivity contribution is 14.0. The maximum absolute atomic E-state index is 12.5. The number of benzene rings is 1. The second-order valence-corrected chi connectivity index (χ2v) is 8.38. The molecule has 0 saturated heterocycles. The Balaban J connectivity index is 0.00000280. The van der Waals surface area contributed by atoms with Crippen LogP contribution in [0.5, 0.6) is 0 Å². The molecule has 2 aromatic rings. The van der Waals surface area contributed by atoms with Gasteiger partial charge in [0.05, 0.1) is 6.54 Å². The lowest BCUT2D eigenvalue weighted by atomic mass is 10.1. The molecular weight excluding hydrogens is 503 g/mol. The highest BCUT2D eigenvalue weighted by atomic mass is 127. The van der Waals surface area contributed by atoms with Crippen molar-refractivity contribution in [3.05, 3.63) is 51.2 Å². The minimum absolute atomic E-state index is 0. The summed E-state index contributed by atoms with van der Waals surface area (Å²) < 4.78 is 0. The van der Waals surface area contributed by atoms with Gasteiger partial charge < -0.3 is 15.5 Å². The van der Waals surface area contributed by atoms with Crippen LogP contribution in [0.3, 0.4) is 0 Å². The third-order valence-electron chi connectivity index (χ3n) is 4.68. The maximum atomic E-state index is 12.5. The fourth-order valence-electron chi connectivity index (χ4n) is 3.13. The van der Waals surface area contributed by atoms with E-state index in [0.29, 0.717) is 19.0 Å². The van der Waals surface area contributed by atoms with Crippen LogP contribution in [0.1, 0.15) is 21.6 Å². The summed E-state index contributed by atoms with van der Waals surface area (Å²) in [4.78, 5) is 21.4. The Bertz CT molecular complexity index is 837. The van der Waals surface area contributed by atoms with Crippen molar-refractivity contribution in [1.82, 2.24) is 15.5 Å². The molecule has 0 fully saturated rings. The van der Waals surface area contributed by atoms with Crippen LogP contribution in [0.25, 0.3) is 0 Å². The standard InChI is InChI=1S/C20H26N4OS2.HI/c1-14-4-5-15(18(10-14)26-3)11-22-20(21-2)23-12-19(25)24-8-6-17-16(13-24)7-9-27-17;/h4-5,7,9-10H,6,8,11-13H2,1-3H3,(H2,21,22,23);1H. The predicted molar refractivity (Wildman–Crippen MR) is 130 cm³/mol. The van der Waals surface area contributed by atoms with Crippen molar-refractivity contribution >= 4 is 58.9 Å². The van der Waals surface area contributed by atoms with Gasteiger partial charge in [0, 0.05) is 36.5 Å². The number of thioether (sulfide) groups is 1. The van der Waals surface area contributed by atoms with E-state index >= 15 is 0 Å². The first kappa shape index (κ1) is 23.0. The van der Waals surface area contributed by atoms with E-state index in [1.165, 1.54) is 26.5 Å². The second kappa shape index (κ2) is 11.1. The lowest BCUT2D eigenvalue weighted by Crippen LogP contribution is -2.45. The van der Waals surface area contributed by atoms with Crippen LogP contribution in [0.4, 0.5) is 0 Å². The molecule has 3 rings (SSSR count). The average molecular weight is 531 g/mol. The van der Waals surface area contributed by atoms with Crippen LogP contribution < -0.4 is 10.6 Å². The van der Waals surface area contributed by atoms with Crippen molar-refractivity contribution < 1.29 is 4.79 Å². The molecule has 0 spiro atoms. The monoisotopic (exact) mass is 530 g/mol. The number of nitrogens with zero attached hydrogens (tertiary/aromatic N) is 2. The first-order chi connectivity index (χ1) is 13.1. The number of guanidine groups is 1. The smallest absolute Gasteiger partial charge is 0.242 e. The number of halogens is 1. The highest BCUT2D eigenvalue weighted by Crippen LogP contribution is 2.24. The fraction of sp³-hybridized carbons (Fsp3) is 0.400. The maximum Gasteiger partial charge on any atom is 0.242 e. The van der Waals surface area contributed by atoms with Gasteiger partial charge in [0.15, 0.2) is 5.96 Å². The lowest BCUT2D eigenvalue weighted by molar-refractivity contribution is -0.130. The molecule has 2 N–H and O–H groups in total. The van der Waals surface area contributed by atoms with Gasteiger partial charge in [-0.3, -0.25) is 9.79 Å². The number of thiophene rings is 1. The molecule has 1 aromatic heterocycles. The number of hydrogen-bond acceptors (Lipinski definition) is 4. The summed E-state index contributed by atoms with van der Waals surface area (Å²) in [5.41, 5.74) is 3.76. The zero-order chi connectivity index (χ0) is 19.2. The lowest BCUT2D eigenvalue weighted by Gasteiger charge is -2.27. The molecule has 1 amide bonds. The Hall–Kier alpha value is -1.26. The van der Waals surface area contributed by atoms with E-state index in [1.54, 1.807) is 30.1 Å². The van der Waals surface area contributed by atoms with Crippen molar-refractivity contribution in [2.45, 2.75) is 31.3 Å². The van der Waals surface area contributed by atoms with Gasteiger partial charge in [-0.2, -0.15) is 0 Å². The molecule has 0 atom stereocenters. The van der Waals surface area contributed by atoms with Crippen molar-refractivity contribution in [3.63, 3.8) is 0 Å². The average Bonchev–Trinajstić information content (AvgIpc) is 3.16. The number of carbonyl (C=O) groups is 1. The molecule has 0 aliphatic carbocycles. The molecular formula is C20H27IN4OS2. The van der Waals surface area contributed by atoms with Gasteiger partial charge in [0.1, 0.15) is 0 Å². The van der Waals surface area contributed by atoms with Gasteiger partial charge in [-0.1, -0.05) is 12.1 Å². The van der Waals surface area contributed by atoms with Crippen LogP contribution in [0.2, 0.25) is 0 Å². The number of hydrogen-bond donors (Lipinski definition) is 2. The summed E-state index contributed by atoms with van der Waals surface area (Å²) in [6, 6.07) is 8.57. The second-order valence-electron chi connectivity index (χ2n) is 6.53. The summed E-state index contributed by atoms with van der Waals surface area (Å²) in [6.45, 7) is 4.53. The van der Waals surface area contributed by atoms with E-state index in [-0.39, 0.29) is 36.4 Å². The van der Waals surface area contributed by atoms with Gasteiger partial charge in [-0.25, -0.2) is 0 Å². The zero-order valence-electron chi connectivity index (χ0n) is 16.4. The van der Waals surface area contributed by atoms with Gasteiger partial charge in [0.2, 0.25) is 5.91 Å². The van der Waals surface area contributed by atoms with E-state index in [0.717, 1.165) is 13.0 Å². The van der Waals surface area contributed by atoms with Crippen LogP contribution in [0.15, 0.2) is 39.5 Å². The van der Waals surface area contributed by atoms with Gasteiger partial charge in [-0.05, 0) is 53.8 Å². The molecule has 5 nitrogen and oxygen atoms in total. The third kappa shape index (κ3) is 5.87. The topological polar surface area (TPSA) is 56.7 Å². The predicted octanol–water partition coefficient (Wildman–Crippen LogP) is 3.65. The number of amides is 1. The van der Waals surface area contributed by atoms with Crippen molar-refractivity contribution in [2.75, 3.05) is 26.4 Å². The van der Waals surface area contributed by atoms with Gasteiger partial charge >= 0.3 is 0 Å². The first-order valence-electron chi connectivity index (χ1n) is 9.01. The Morgan fingerprint density at radius 2 is 2.14 bits per heavy atom. The summed E-state index contributed by atoms with van der Waals surface area (Å²) in [7, 11) is 1.73. The van der Waals surface area contributed by atoms with Crippen LogP contribution in [-0.4, -0.2) is 43.2 Å². The van der Waals surface area contributed by atoms with Crippen LogP contribution >= 0.6 is 47.1 Å². The molecule has 0 unspecified atom stereocenters. The van der Waals surface area contributed by atoms with Crippen LogP contribution in [0, 0.1) is 6.92 Å². The minimum atomic E-state index is 0. The molecule has 152 valence electrons. The highest BCUT2D eigenvalue weighted by Gasteiger charge is 2.21. The molecule has 0 radical (unpaired) electrons. The zero-order valence-corrected chi connectivity index (χ0v) is 20.4. The van der Waals surface area contributed by atoms with E-state index < -0.39 is 0 Å². The molecule has 8 heteroatoms. The SMILES string of the molecule is CN=C(NCC(=O)N1CCc2sccc2C1)NCc1ccc(C)cc1SC.I. The molecule has 0 saturated carbocycles. The molecule has 1 aliphatic rings. The normalized spacial score (nSPS) is 13.5.